The number of hydrogen-bond donors (Lipinski definition) is 4. The van der Waals surface area contributed by atoms with Gasteiger partial charge in [-0.15, -0.1) is 0 Å². The Labute approximate surface area is 98.1 Å². The maximum absolute atomic E-state index is 10.8. The molecule has 0 bridgehead atoms. The topological polar surface area (TPSA) is 113 Å². The minimum absolute atomic E-state index is 0.257. The van der Waals surface area contributed by atoms with Crippen molar-refractivity contribution < 1.29 is 19.8 Å². The first-order valence-corrected chi connectivity index (χ1v) is 4.95. The average Bonchev–Trinajstić information content (AvgIpc) is 2.26. The largest absolute Gasteiger partial charge is 0.385 e. The van der Waals surface area contributed by atoms with Crippen LogP contribution in [0.1, 0.15) is 18.6 Å². The Kier molecular flexibility index (Phi) is 4.19. The molecular weight excluding hydrogens is 224 g/mol. The molecule has 1 aromatic carbocycles. The van der Waals surface area contributed by atoms with Crippen molar-refractivity contribution in [3.63, 3.8) is 0 Å². The minimum atomic E-state index is -1.68. The van der Waals surface area contributed by atoms with Gasteiger partial charge in [-0.05, 0) is 17.7 Å². The van der Waals surface area contributed by atoms with E-state index in [1.807, 2.05) is 0 Å². The summed E-state index contributed by atoms with van der Waals surface area (Å²) in [6.45, 7) is 1.35. The zero-order chi connectivity index (χ0) is 13.0. The molecule has 0 saturated carbocycles. The van der Waals surface area contributed by atoms with Crippen LogP contribution < -0.4 is 11.1 Å². The molecule has 92 valence electrons. The first-order valence-electron chi connectivity index (χ1n) is 4.95. The van der Waals surface area contributed by atoms with Crippen LogP contribution in [0, 0.1) is 0 Å². The van der Waals surface area contributed by atoms with E-state index >= 15 is 0 Å². The van der Waals surface area contributed by atoms with Crippen molar-refractivity contribution in [3.8, 4) is 0 Å². The number of rotatable bonds is 4. The van der Waals surface area contributed by atoms with Gasteiger partial charge in [0.2, 0.25) is 11.8 Å². The van der Waals surface area contributed by atoms with Crippen molar-refractivity contribution in [1.29, 1.82) is 0 Å². The van der Waals surface area contributed by atoms with E-state index in [-0.39, 0.29) is 5.91 Å². The summed E-state index contributed by atoms with van der Waals surface area (Å²) in [5.41, 5.74) is 5.63. The summed E-state index contributed by atoms with van der Waals surface area (Å²) in [5.74, 6) is -1.27. The highest BCUT2D eigenvalue weighted by Gasteiger charge is 2.23. The Balaban J connectivity index is 2.91. The second-order valence-corrected chi connectivity index (χ2v) is 3.60. The van der Waals surface area contributed by atoms with Gasteiger partial charge >= 0.3 is 0 Å². The normalized spacial score (nSPS) is 13.8. The number of aliphatic hydroxyl groups excluding tert-OH is 2. The molecule has 0 saturated heterocycles. The van der Waals surface area contributed by atoms with Crippen molar-refractivity contribution >= 4 is 17.5 Å². The molecule has 2 unspecified atom stereocenters. The fourth-order valence-corrected chi connectivity index (χ4v) is 1.34. The van der Waals surface area contributed by atoms with Crippen LogP contribution in [0.5, 0.6) is 0 Å². The standard InChI is InChI=1S/C11H14N2O4/c1-6(14)13-8-4-2-3-7(5-8)9(15)10(16)11(12)17/h2-5,9-10,15-16H,1H3,(H2,12,17)(H,13,14). The van der Waals surface area contributed by atoms with Crippen molar-refractivity contribution in [2.24, 2.45) is 5.73 Å². The highest BCUT2D eigenvalue weighted by Crippen LogP contribution is 2.20. The third kappa shape index (κ3) is 3.54. The first-order chi connectivity index (χ1) is 7.91. The van der Waals surface area contributed by atoms with Gasteiger partial charge in [0.15, 0.2) is 6.10 Å². The Bertz CT molecular complexity index is 433. The van der Waals surface area contributed by atoms with Crippen LogP contribution in [0.15, 0.2) is 24.3 Å². The second kappa shape index (κ2) is 5.42. The van der Waals surface area contributed by atoms with Gasteiger partial charge in [-0.3, -0.25) is 9.59 Å². The summed E-state index contributed by atoms with van der Waals surface area (Å²) in [6.07, 6.45) is -3.09. The van der Waals surface area contributed by atoms with E-state index in [2.05, 4.69) is 5.32 Å². The number of carbonyl (C=O) groups is 2. The molecule has 17 heavy (non-hydrogen) atoms. The molecule has 0 fully saturated rings. The average molecular weight is 238 g/mol. The van der Waals surface area contributed by atoms with Crippen LogP contribution >= 0.6 is 0 Å². The third-order valence-corrected chi connectivity index (χ3v) is 2.14. The minimum Gasteiger partial charge on any atom is -0.385 e. The monoisotopic (exact) mass is 238 g/mol. The number of amides is 2. The zero-order valence-electron chi connectivity index (χ0n) is 9.25. The number of nitrogens with two attached hydrogens (primary N) is 1. The van der Waals surface area contributed by atoms with Crippen molar-refractivity contribution in [2.75, 3.05) is 5.32 Å². The Hall–Kier alpha value is -1.92. The molecule has 0 aliphatic rings. The van der Waals surface area contributed by atoms with E-state index < -0.39 is 18.1 Å². The van der Waals surface area contributed by atoms with Gasteiger partial charge in [0.1, 0.15) is 6.10 Å². The van der Waals surface area contributed by atoms with Crippen LogP contribution in [-0.4, -0.2) is 28.1 Å². The number of anilines is 1. The van der Waals surface area contributed by atoms with Crippen molar-refractivity contribution in [2.45, 2.75) is 19.1 Å². The van der Waals surface area contributed by atoms with Crippen LogP contribution in [-0.2, 0) is 9.59 Å². The predicted octanol–water partition coefficient (Wildman–Crippen LogP) is -0.475. The number of carbonyl (C=O) groups excluding carboxylic acids is 2. The lowest BCUT2D eigenvalue weighted by atomic mass is 10.0. The number of aliphatic hydroxyl groups is 2. The van der Waals surface area contributed by atoms with E-state index in [9.17, 15) is 19.8 Å². The summed E-state index contributed by atoms with van der Waals surface area (Å²) in [4.78, 5) is 21.6. The molecule has 6 heteroatoms. The lowest BCUT2D eigenvalue weighted by molar-refractivity contribution is -0.132. The lowest BCUT2D eigenvalue weighted by Gasteiger charge is -2.15. The Morgan fingerprint density at radius 1 is 1.35 bits per heavy atom. The molecule has 2 atom stereocenters. The fourth-order valence-electron chi connectivity index (χ4n) is 1.34. The quantitative estimate of drug-likeness (QED) is 0.567. The summed E-state index contributed by atoms with van der Waals surface area (Å²) >= 11 is 0. The van der Waals surface area contributed by atoms with Gasteiger partial charge in [0.05, 0.1) is 0 Å². The summed E-state index contributed by atoms with van der Waals surface area (Å²) in [7, 11) is 0. The van der Waals surface area contributed by atoms with Crippen molar-refractivity contribution in [3.05, 3.63) is 29.8 Å². The SMILES string of the molecule is CC(=O)Nc1cccc(C(O)C(O)C(N)=O)c1. The van der Waals surface area contributed by atoms with Gasteiger partial charge < -0.3 is 21.3 Å². The van der Waals surface area contributed by atoms with Gasteiger partial charge in [0, 0.05) is 12.6 Å². The molecule has 0 aliphatic carbocycles. The highest BCUT2D eigenvalue weighted by atomic mass is 16.3. The van der Waals surface area contributed by atoms with Gasteiger partial charge in [-0.2, -0.15) is 0 Å². The van der Waals surface area contributed by atoms with Crippen LogP contribution in [0.2, 0.25) is 0 Å². The van der Waals surface area contributed by atoms with Crippen LogP contribution in [0.3, 0.4) is 0 Å². The van der Waals surface area contributed by atoms with Gasteiger partial charge in [-0.1, -0.05) is 12.1 Å². The van der Waals surface area contributed by atoms with Crippen LogP contribution in [0.4, 0.5) is 5.69 Å². The smallest absolute Gasteiger partial charge is 0.249 e. The molecular formula is C11H14N2O4. The van der Waals surface area contributed by atoms with Gasteiger partial charge in [-0.25, -0.2) is 0 Å². The number of benzene rings is 1. The van der Waals surface area contributed by atoms with Crippen LogP contribution in [0.25, 0.3) is 0 Å². The summed E-state index contributed by atoms with van der Waals surface area (Å²) < 4.78 is 0. The van der Waals surface area contributed by atoms with Crippen molar-refractivity contribution in [1.82, 2.24) is 0 Å². The molecule has 6 nitrogen and oxygen atoms in total. The number of hydrogen-bond acceptors (Lipinski definition) is 4. The van der Waals surface area contributed by atoms with E-state index in [1.165, 1.54) is 19.1 Å². The molecule has 2 amide bonds. The van der Waals surface area contributed by atoms with E-state index in [0.717, 1.165) is 0 Å². The molecule has 0 aliphatic heterocycles. The molecule has 0 radical (unpaired) electrons. The molecule has 1 aromatic rings. The molecule has 0 spiro atoms. The Morgan fingerprint density at radius 2 is 2.00 bits per heavy atom. The number of nitrogens with one attached hydrogen (secondary N) is 1. The third-order valence-electron chi connectivity index (χ3n) is 2.14. The number of primary amides is 1. The van der Waals surface area contributed by atoms with E-state index in [0.29, 0.717) is 11.3 Å². The molecule has 0 aromatic heterocycles. The summed E-state index contributed by atoms with van der Waals surface area (Å²) in [5, 5.41) is 21.5. The summed E-state index contributed by atoms with van der Waals surface area (Å²) in [6, 6.07) is 6.17. The first kappa shape index (κ1) is 13.1. The molecule has 1 rings (SSSR count). The highest BCUT2D eigenvalue weighted by molar-refractivity contribution is 5.88. The fraction of sp³-hybridized carbons (Fsp3) is 0.273. The predicted molar refractivity (Wildman–Crippen MR) is 60.9 cm³/mol. The van der Waals surface area contributed by atoms with E-state index in [4.69, 9.17) is 5.73 Å². The second-order valence-electron chi connectivity index (χ2n) is 3.60. The van der Waals surface area contributed by atoms with E-state index in [1.54, 1.807) is 12.1 Å². The maximum Gasteiger partial charge on any atom is 0.249 e. The Morgan fingerprint density at radius 3 is 2.53 bits per heavy atom. The molecule has 0 heterocycles. The zero-order valence-corrected chi connectivity index (χ0v) is 9.25. The lowest BCUT2D eigenvalue weighted by Crippen LogP contribution is -2.33. The maximum atomic E-state index is 10.8. The molecule has 5 N–H and O–H groups in total. The van der Waals surface area contributed by atoms with Gasteiger partial charge in [0.25, 0.3) is 0 Å².